The second kappa shape index (κ2) is 4.97. The zero-order chi connectivity index (χ0) is 12.4. The predicted octanol–water partition coefficient (Wildman–Crippen LogP) is 1.96. The first kappa shape index (κ1) is 12.1. The maximum Gasteiger partial charge on any atom is 0.240 e. The molecular weight excluding hydrogens is 230 g/mol. The van der Waals surface area contributed by atoms with Gasteiger partial charge in [-0.25, -0.2) is 0 Å². The first-order chi connectivity index (χ1) is 8.76. The standard InChI is InChI=1S/C13H21N3O2/c1-10-15-12(18-16-10)9-14-11-4-7-17-13(8-11)5-2-3-6-13/h11,14H,2-9H2,1H3. The van der Waals surface area contributed by atoms with E-state index in [1.165, 1.54) is 25.7 Å². The van der Waals surface area contributed by atoms with Crippen LogP contribution in [0.4, 0.5) is 0 Å². The Bertz CT molecular complexity index is 399. The lowest BCUT2D eigenvalue weighted by Crippen LogP contribution is -2.45. The molecule has 3 rings (SSSR count). The van der Waals surface area contributed by atoms with E-state index in [4.69, 9.17) is 9.26 Å². The lowest BCUT2D eigenvalue weighted by molar-refractivity contribution is -0.0839. The molecule has 100 valence electrons. The van der Waals surface area contributed by atoms with E-state index < -0.39 is 0 Å². The largest absolute Gasteiger partial charge is 0.375 e. The highest BCUT2D eigenvalue weighted by molar-refractivity contribution is 4.94. The van der Waals surface area contributed by atoms with Gasteiger partial charge in [0.05, 0.1) is 12.1 Å². The maximum absolute atomic E-state index is 6.02. The summed E-state index contributed by atoms with van der Waals surface area (Å²) in [7, 11) is 0. The number of hydrogen-bond acceptors (Lipinski definition) is 5. The number of rotatable bonds is 3. The van der Waals surface area contributed by atoms with E-state index in [1.807, 2.05) is 6.92 Å². The average molecular weight is 251 g/mol. The van der Waals surface area contributed by atoms with Crippen molar-refractivity contribution < 1.29 is 9.26 Å². The second-order valence-corrected chi connectivity index (χ2v) is 5.54. The third kappa shape index (κ3) is 2.57. The summed E-state index contributed by atoms with van der Waals surface area (Å²) >= 11 is 0. The molecule has 1 N–H and O–H groups in total. The third-order valence-electron chi connectivity index (χ3n) is 4.12. The molecule has 1 aliphatic heterocycles. The highest BCUT2D eigenvalue weighted by Gasteiger charge is 2.39. The van der Waals surface area contributed by atoms with Crippen LogP contribution in [0, 0.1) is 6.92 Å². The molecule has 1 aliphatic carbocycles. The smallest absolute Gasteiger partial charge is 0.240 e. The number of nitrogens with zero attached hydrogens (tertiary/aromatic N) is 2. The van der Waals surface area contributed by atoms with E-state index in [0.717, 1.165) is 19.4 Å². The lowest BCUT2D eigenvalue weighted by Gasteiger charge is -2.38. The maximum atomic E-state index is 6.02. The Hall–Kier alpha value is -0.940. The van der Waals surface area contributed by atoms with E-state index in [0.29, 0.717) is 24.3 Å². The Balaban J connectivity index is 1.53. The van der Waals surface area contributed by atoms with Gasteiger partial charge in [-0.15, -0.1) is 0 Å². The van der Waals surface area contributed by atoms with Crippen LogP contribution in [0.3, 0.4) is 0 Å². The normalized spacial score (nSPS) is 26.8. The molecule has 5 heteroatoms. The molecule has 0 radical (unpaired) electrons. The first-order valence-corrected chi connectivity index (χ1v) is 6.92. The highest BCUT2D eigenvalue weighted by atomic mass is 16.5. The predicted molar refractivity (Wildman–Crippen MR) is 66.0 cm³/mol. The lowest BCUT2D eigenvalue weighted by atomic mass is 9.89. The van der Waals surface area contributed by atoms with Crippen LogP contribution in [0.25, 0.3) is 0 Å². The molecule has 1 spiro atoms. The van der Waals surface area contributed by atoms with Crippen LogP contribution >= 0.6 is 0 Å². The van der Waals surface area contributed by atoms with Crippen molar-refractivity contribution in [2.24, 2.45) is 0 Å². The van der Waals surface area contributed by atoms with Crippen molar-refractivity contribution >= 4 is 0 Å². The number of aryl methyl sites for hydroxylation is 1. The Morgan fingerprint density at radius 2 is 2.22 bits per heavy atom. The van der Waals surface area contributed by atoms with E-state index in [-0.39, 0.29) is 5.60 Å². The van der Waals surface area contributed by atoms with Crippen LogP contribution in [-0.4, -0.2) is 28.4 Å². The topological polar surface area (TPSA) is 60.2 Å². The Labute approximate surface area is 107 Å². The molecule has 0 amide bonds. The molecular formula is C13H21N3O2. The van der Waals surface area contributed by atoms with Crippen LogP contribution < -0.4 is 5.32 Å². The molecule has 2 aliphatic rings. The van der Waals surface area contributed by atoms with Crippen LogP contribution in [-0.2, 0) is 11.3 Å². The van der Waals surface area contributed by atoms with Crippen LogP contribution in [0.5, 0.6) is 0 Å². The SMILES string of the molecule is Cc1noc(CNC2CCOC3(CCCC3)C2)n1. The molecule has 0 aromatic carbocycles. The first-order valence-electron chi connectivity index (χ1n) is 6.92. The van der Waals surface area contributed by atoms with Crippen molar-refractivity contribution in [2.75, 3.05) is 6.61 Å². The number of aromatic nitrogens is 2. The van der Waals surface area contributed by atoms with Gasteiger partial charge in [-0.3, -0.25) is 0 Å². The number of ether oxygens (including phenoxy) is 1. The Morgan fingerprint density at radius 1 is 1.39 bits per heavy atom. The fourth-order valence-corrected chi connectivity index (χ4v) is 3.21. The highest BCUT2D eigenvalue weighted by Crippen LogP contribution is 2.39. The molecule has 1 saturated carbocycles. The Morgan fingerprint density at radius 3 is 2.94 bits per heavy atom. The quantitative estimate of drug-likeness (QED) is 0.889. The number of nitrogens with one attached hydrogen (secondary N) is 1. The number of hydrogen-bond donors (Lipinski definition) is 1. The third-order valence-corrected chi connectivity index (χ3v) is 4.12. The van der Waals surface area contributed by atoms with Gasteiger partial charge in [-0.1, -0.05) is 18.0 Å². The fourth-order valence-electron chi connectivity index (χ4n) is 3.21. The van der Waals surface area contributed by atoms with Crippen LogP contribution in [0.2, 0.25) is 0 Å². The zero-order valence-electron chi connectivity index (χ0n) is 10.9. The molecule has 5 nitrogen and oxygen atoms in total. The Kier molecular flexibility index (Phi) is 3.35. The van der Waals surface area contributed by atoms with Gasteiger partial charge in [-0.05, 0) is 32.6 Å². The van der Waals surface area contributed by atoms with Gasteiger partial charge in [0, 0.05) is 12.6 Å². The van der Waals surface area contributed by atoms with Crippen molar-refractivity contribution in [3.63, 3.8) is 0 Å². The summed E-state index contributed by atoms with van der Waals surface area (Å²) in [6, 6.07) is 0.518. The van der Waals surface area contributed by atoms with Gasteiger partial charge in [0.1, 0.15) is 0 Å². The van der Waals surface area contributed by atoms with Crippen molar-refractivity contribution in [1.82, 2.24) is 15.5 Å². The second-order valence-electron chi connectivity index (χ2n) is 5.54. The molecule has 1 aromatic heterocycles. The van der Waals surface area contributed by atoms with Crippen molar-refractivity contribution in [1.29, 1.82) is 0 Å². The van der Waals surface area contributed by atoms with E-state index in [9.17, 15) is 0 Å². The zero-order valence-corrected chi connectivity index (χ0v) is 10.9. The van der Waals surface area contributed by atoms with E-state index >= 15 is 0 Å². The minimum absolute atomic E-state index is 0.167. The van der Waals surface area contributed by atoms with Gasteiger partial charge in [0.2, 0.25) is 5.89 Å². The summed E-state index contributed by atoms with van der Waals surface area (Å²) in [5.74, 6) is 1.38. The minimum Gasteiger partial charge on any atom is -0.375 e. The summed E-state index contributed by atoms with van der Waals surface area (Å²) < 4.78 is 11.1. The molecule has 0 bridgehead atoms. The molecule has 1 saturated heterocycles. The molecule has 2 fully saturated rings. The summed E-state index contributed by atoms with van der Waals surface area (Å²) in [4.78, 5) is 4.21. The summed E-state index contributed by atoms with van der Waals surface area (Å²) in [5.41, 5.74) is 0.167. The van der Waals surface area contributed by atoms with Gasteiger partial charge in [0.15, 0.2) is 5.82 Å². The fraction of sp³-hybridized carbons (Fsp3) is 0.846. The average Bonchev–Trinajstić information content (AvgIpc) is 2.97. The molecule has 18 heavy (non-hydrogen) atoms. The van der Waals surface area contributed by atoms with Crippen molar-refractivity contribution in [2.45, 2.75) is 63.6 Å². The van der Waals surface area contributed by atoms with Crippen molar-refractivity contribution in [3.8, 4) is 0 Å². The monoisotopic (exact) mass is 251 g/mol. The van der Waals surface area contributed by atoms with Gasteiger partial charge in [-0.2, -0.15) is 4.98 Å². The molecule has 2 heterocycles. The van der Waals surface area contributed by atoms with E-state index in [1.54, 1.807) is 0 Å². The summed E-state index contributed by atoms with van der Waals surface area (Å²) in [6.45, 7) is 3.39. The van der Waals surface area contributed by atoms with Crippen LogP contribution in [0.15, 0.2) is 4.52 Å². The summed E-state index contributed by atoms with van der Waals surface area (Å²) in [6.07, 6.45) is 7.29. The molecule has 1 aromatic rings. The molecule has 1 unspecified atom stereocenters. The minimum atomic E-state index is 0.167. The van der Waals surface area contributed by atoms with Crippen molar-refractivity contribution in [3.05, 3.63) is 11.7 Å². The molecule has 1 atom stereocenters. The van der Waals surface area contributed by atoms with Crippen LogP contribution in [0.1, 0.15) is 50.2 Å². The summed E-state index contributed by atoms with van der Waals surface area (Å²) in [5, 5.41) is 7.33. The van der Waals surface area contributed by atoms with E-state index in [2.05, 4.69) is 15.5 Å². The van der Waals surface area contributed by atoms with Gasteiger partial charge < -0.3 is 14.6 Å². The van der Waals surface area contributed by atoms with Gasteiger partial charge >= 0.3 is 0 Å². The van der Waals surface area contributed by atoms with Gasteiger partial charge in [0.25, 0.3) is 0 Å².